The minimum atomic E-state index is -0.821. The number of nitrogens with one attached hydrogen (secondary N) is 3. The highest BCUT2D eigenvalue weighted by Crippen LogP contribution is 2.35. The maximum atomic E-state index is 13.8. The lowest BCUT2D eigenvalue weighted by Crippen LogP contribution is -2.38. The first-order valence-electron chi connectivity index (χ1n) is 12.2. The molecular weight excluding hydrogens is 606 g/mol. The number of imide groups is 1. The summed E-state index contributed by atoms with van der Waals surface area (Å²) in [7, 11) is 0. The lowest BCUT2D eigenvalue weighted by Gasteiger charge is -2.14. The predicted octanol–water partition coefficient (Wildman–Crippen LogP) is 4.67. The third-order valence-corrected chi connectivity index (χ3v) is 6.25. The molecule has 0 saturated carbocycles. The van der Waals surface area contributed by atoms with Crippen LogP contribution in [-0.4, -0.2) is 48.4 Å². The van der Waals surface area contributed by atoms with Crippen molar-refractivity contribution in [3.8, 4) is 11.5 Å². The standard InChI is InChI=1S/C28H23BrF2N4O6/c1-2-40-23-12-16(19(29)13-24(23)41-15-26(37)32-18-9-7-17(30)8-10-18)11-22-27(38)35(28(39)34-22)14-25(36)33-21-6-4-3-5-20(21)31/h3-13H,2,14-15H2,1H3,(H,32,37)(H,33,36)(H,34,39)/b22-11+. The van der Waals surface area contributed by atoms with E-state index >= 15 is 0 Å². The quantitative estimate of drug-likeness (QED) is 0.221. The van der Waals surface area contributed by atoms with Crippen LogP contribution in [0.15, 0.2) is 70.8 Å². The third-order valence-electron chi connectivity index (χ3n) is 5.56. The lowest BCUT2D eigenvalue weighted by molar-refractivity contribution is -0.127. The molecule has 1 heterocycles. The highest BCUT2D eigenvalue weighted by molar-refractivity contribution is 9.10. The number of para-hydroxylation sites is 1. The number of hydrogen-bond donors (Lipinski definition) is 3. The van der Waals surface area contributed by atoms with Crippen molar-refractivity contribution in [2.45, 2.75) is 6.92 Å². The molecule has 0 atom stereocenters. The minimum absolute atomic E-state index is 0.0806. The topological polar surface area (TPSA) is 126 Å². The molecule has 0 aromatic heterocycles. The summed E-state index contributed by atoms with van der Waals surface area (Å²) in [6.45, 7) is 1.00. The van der Waals surface area contributed by atoms with E-state index in [0.29, 0.717) is 20.6 Å². The fraction of sp³-hybridized carbons (Fsp3) is 0.143. The van der Waals surface area contributed by atoms with E-state index in [0.717, 1.165) is 6.07 Å². The van der Waals surface area contributed by atoms with E-state index in [-0.39, 0.29) is 36.1 Å². The maximum absolute atomic E-state index is 13.8. The van der Waals surface area contributed by atoms with Gasteiger partial charge in [-0.15, -0.1) is 0 Å². The number of rotatable bonds is 10. The Hall–Kier alpha value is -4.78. The smallest absolute Gasteiger partial charge is 0.329 e. The van der Waals surface area contributed by atoms with Crippen LogP contribution >= 0.6 is 15.9 Å². The van der Waals surface area contributed by atoms with Gasteiger partial charge in [0, 0.05) is 10.2 Å². The number of amides is 5. The van der Waals surface area contributed by atoms with Crippen molar-refractivity contribution in [2.75, 3.05) is 30.4 Å². The molecule has 1 aliphatic rings. The monoisotopic (exact) mass is 628 g/mol. The highest BCUT2D eigenvalue weighted by Gasteiger charge is 2.35. The van der Waals surface area contributed by atoms with Gasteiger partial charge in [-0.25, -0.2) is 18.5 Å². The number of hydrogen-bond acceptors (Lipinski definition) is 6. The van der Waals surface area contributed by atoms with Gasteiger partial charge < -0.3 is 25.4 Å². The van der Waals surface area contributed by atoms with E-state index in [1.807, 2.05) is 0 Å². The van der Waals surface area contributed by atoms with Gasteiger partial charge in [-0.1, -0.05) is 28.1 Å². The summed E-state index contributed by atoms with van der Waals surface area (Å²) in [5.41, 5.74) is 0.639. The second-order valence-electron chi connectivity index (χ2n) is 8.50. The van der Waals surface area contributed by atoms with Crippen molar-refractivity contribution in [1.82, 2.24) is 10.2 Å². The van der Waals surface area contributed by atoms with Crippen LogP contribution in [0.25, 0.3) is 6.08 Å². The van der Waals surface area contributed by atoms with Gasteiger partial charge in [-0.2, -0.15) is 0 Å². The Labute approximate surface area is 241 Å². The molecule has 0 aliphatic carbocycles. The van der Waals surface area contributed by atoms with Crippen LogP contribution in [0, 0.1) is 11.6 Å². The van der Waals surface area contributed by atoms with Crippen LogP contribution < -0.4 is 25.4 Å². The second-order valence-corrected chi connectivity index (χ2v) is 9.36. The average Bonchev–Trinajstić information content (AvgIpc) is 3.19. The largest absolute Gasteiger partial charge is 0.490 e. The van der Waals surface area contributed by atoms with Crippen LogP contribution in [0.1, 0.15) is 12.5 Å². The molecule has 4 rings (SSSR count). The average molecular weight is 629 g/mol. The molecule has 0 unspecified atom stereocenters. The summed E-state index contributed by atoms with van der Waals surface area (Å²) in [6, 6.07) is 13.0. The van der Waals surface area contributed by atoms with Crippen molar-refractivity contribution < 1.29 is 37.4 Å². The minimum Gasteiger partial charge on any atom is -0.490 e. The summed E-state index contributed by atoms with van der Waals surface area (Å²) in [5.74, 6) is -2.61. The molecule has 5 amide bonds. The van der Waals surface area contributed by atoms with Crippen molar-refractivity contribution in [1.29, 1.82) is 0 Å². The number of urea groups is 1. The normalized spacial score (nSPS) is 13.7. The lowest BCUT2D eigenvalue weighted by atomic mass is 10.1. The Morgan fingerprint density at radius 3 is 2.39 bits per heavy atom. The zero-order valence-electron chi connectivity index (χ0n) is 21.5. The van der Waals surface area contributed by atoms with Crippen molar-refractivity contribution in [3.63, 3.8) is 0 Å². The highest BCUT2D eigenvalue weighted by atomic mass is 79.9. The fourth-order valence-electron chi connectivity index (χ4n) is 3.68. The third kappa shape index (κ3) is 7.45. The molecular formula is C28H23BrF2N4O6. The summed E-state index contributed by atoms with van der Waals surface area (Å²) in [6.07, 6.45) is 1.38. The zero-order chi connectivity index (χ0) is 29.5. The summed E-state index contributed by atoms with van der Waals surface area (Å²) < 4.78 is 38.6. The Morgan fingerprint density at radius 1 is 0.976 bits per heavy atom. The molecule has 1 aliphatic heterocycles. The van der Waals surface area contributed by atoms with E-state index in [1.54, 1.807) is 13.0 Å². The number of carbonyl (C=O) groups is 4. The number of nitrogens with zero attached hydrogens (tertiary/aromatic N) is 1. The molecule has 13 heteroatoms. The van der Waals surface area contributed by atoms with Gasteiger partial charge in [0.1, 0.15) is 23.9 Å². The van der Waals surface area contributed by atoms with Crippen LogP contribution in [0.5, 0.6) is 11.5 Å². The van der Waals surface area contributed by atoms with E-state index < -0.39 is 41.9 Å². The number of benzene rings is 3. The molecule has 3 aromatic rings. The Bertz CT molecular complexity index is 1530. The molecule has 1 fully saturated rings. The number of ether oxygens (including phenoxy) is 2. The fourth-order valence-corrected chi connectivity index (χ4v) is 4.12. The molecule has 3 N–H and O–H groups in total. The van der Waals surface area contributed by atoms with Gasteiger partial charge in [0.2, 0.25) is 5.91 Å². The summed E-state index contributed by atoms with van der Waals surface area (Å²) in [4.78, 5) is 50.7. The van der Waals surface area contributed by atoms with Crippen molar-refractivity contribution in [2.24, 2.45) is 0 Å². The van der Waals surface area contributed by atoms with Crippen LogP contribution in [0.4, 0.5) is 25.0 Å². The number of carbonyl (C=O) groups excluding carboxylic acids is 4. The summed E-state index contributed by atoms with van der Waals surface area (Å²) in [5, 5.41) is 7.33. The first-order valence-corrected chi connectivity index (χ1v) is 13.0. The molecule has 0 spiro atoms. The first kappa shape index (κ1) is 29.2. The van der Waals surface area contributed by atoms with Crippen molar-refractivity contribution >= 4 is 57.1 Å². The van der Waals surface area contributed by atoms with E-state index in [2.05, 4.69) is 31.9 Å². The van der Waals surface area contributed by atoms with Gasteiger partial charge in [0.05, 0.1) is 12.3 Å². The molecule has 10 nitrogen and oxygen atoms in total. The molecule has 0 bridgehead atoms. The van der Waals surface area contributed by atoms with Crippen LogP contribution in [0.2, 0.25) is 0 Å². The van der Waals surface area contributed by atoms with Gasteiger partial charge in [0.15, 0.2) is 18.1 Å². The Morgan fingerprint density at radius 2 is 1.68 bits per heavy atom. The maximum Gasteiger partial charge on any atom is 0.329 e. The van der Waals surface area contributed by atoms with Gasteiger partial charge >= 0.3 is 6.03 Å². The molecule has 0 radical (unpaired) electrons. The zero-order valence-corrected chi connectivity index (χ0v) is 23.1. The summed E-state index contributed by atoms with van der Waals surface area (Å²) >= 11 is 3.39. The number of halogens is 3. The predicted molar refractivity (Wildman–Crippen MR) is 149 cm³/mol. The second kappa shape index (κ2) is 13.0. The van der Waals surface area contributed by atoms with Crippen LogP contribution in [-0.2, 0) is 14.4 Å². The Balaban J connectivity index is 1.45. The van der Waals surface area contributed by atoms with Crippen LogP contribution in [0.3, 0.4) is 0 Å². The van der Waals surface area contributed by atoms with Crippen molar-refractivity contribution in [3.05, 3.63) is 88.0 Å². The van der Waals surface area contributed by atoms with E-state index in [4.69, 9.17) is 9.47 Å². The number of anilines is 2. The van der Waals surface area contributed by atoms with Gasteiger partial charge in [-0.05, 0) is 67.1 Å². The molecule has 212 valence electrons. The Kier molecular flexibility index (Phi) is 9.30. The van der Waals surface area contributed by atoms with E-state index in [9.17, 15) is 28.0 Å². The molecule has 41 heavy (non-hydrogen) atoms. The van der Waals surface area contributed by atoms with E-state index in [1.165, 1.54) is 54.6 Å². The first-order chi connectivity index (χ1) is 19.6. The molecule has 3 aromatic carbocycles. The van der Waals surface area contributed by atoms with Gasteiger partial charge in [-0.3, -0.25) is 14.4 Å². The SMILES string of the molecule is CCOc1cc(/C=C2/NC(=O)N(CC(=O)Nc3ccccc3F)C2=O)c(Br)cc1OCC(=O)Nc1ccc(F)cc1. The molecule has 1 saturated heterocycles. The van der Waals surface area contributed by atoms with Gasteiger partial charge in [0.25, 0.3) is 11.8 Å².